The molecule has 2 fully saturated rings. The number of thiazole rings is 1. The molecule has 1 spiro atoms. The molecule has 1 N–H and O–H groups in total. The summed E-state index contributed by atoms with van der Waals surface area (Å²) in [5, 5.41) is 1.97. The predicted octanol–water partition coefficient (Wildman–Crippen LogP) is 1.60. The van der Waals surface area contributed by atoms with Gasteiger partial charge in [-0.15, -0.1) is 11.3 Å². The van der Waals surface area contributed by atoms with Crippen molar-refractivity contribution in [2.45, 2.75) is 38.3 Å². The van der Waals surface area contributed by atoms with E-state index in [-0.39, 0.29) is 17.4 Å². The summed E-state index contributed by atoms with van der Waals surface area (Å²) in [6.45, 7) is 4.55. The van der Waals surface area contributed by atoms with E-state index in [0.717, 1.165) is 11.4 Å². The number of carbonyl (C=O) groups is 2. The minimum Gasteiger partial charge on any atom is -0.372 e. The number of aromatic amines is 1. The second-order valence-corrected chi connectivity index (χ2v) is 7.90. The molecule has 0 unspecified atom stereocenters. The van der Waals surface area contributed by atoms with Crippen LogP contribution < -0.4 is 0 Å². The number of hydrogen-bond donors (Lipinski definition) is 1. The quantitative estimate of drug-likeness (QED) is 0.861. The van der Waals surface area contributed by atoms with Gasteiger partial charge >= 0.3 is 0 Å². The largest absolute Gasteiger partial charge is 0.372 e. The van der Waals surface area contributed by atoms with Crippen LogP contribution in [0.2, 0.25) is 0 Å². The Balaban J connectivity index is 1.43. The first-order valence-corrected chi connectivity index (χ1v) is 10.1. The van der Waals surface area contributed by atoms with Crippen LogP contribution in [0.15, 0.2) is 17.2 Å². The molecule has 0 atom stereocenters. The van der Waals surface area contributed by atoms with Crippen molar-refractivity contribution in [2.75, 3.05) is 26.2 Å². The Morgan fingerprint density at radius 3 is 2.85 bits per heavy atom. The maximum Gasteiger partial charge on any atom is 0.274 e. The van der Waals surface area contributed by atoms with Crippen LogP contribution in [0, 0.1) is 6.92 Å². The highest BCUT2D eigenvalue weighted by atomic mass is 32.1. The van der Waals surface area contributed by atoms with Gasteiger partial charge in [-0.2, -0.15) is 0 Å². The van der Waals surface area contributed by atoms with Gasteiger partial charge in [-0.3, -0.25) is 9.59 Å². The van der Waals surface area contributed by atoms with E-state index in [9.17, 15) is 9.59 Å². The molecule has 8 nitrogen and oxygen atoms in total. The van der Waals surface area contributed by atoms with Crippen molar-refractivity contribution in [3.63, 3.8) is 0 Å². The van der Waals surface area contributed by atoms with Gasteiger partial charge in [-0.25, -0.2) is 9.97 Å². The molecule has 27 heavy (non-hydrogen) atoms. The van der Waals surface area contributed by atoms with Crippen LogP contribution in [0.3, 0.4) is 0 Å². The number of likely N-dealkylation sites (tertiary alicyclic amines) is 1. The number of nitrogens with zero attached hydrogens (tertiary/aromatic N) is 4. The summed E-state index contributed by atoms with van der Waals surface area (Å²) in [6, 6.07) is 0. The molecular formula is C18H23N5O3S. The van der Waals surface area contributed by atoms with E-state index in [4.69, 9.17) is 4.74 Å². The van der Waals surface area contributed by atoms with Crippen molar-refractivity contribution in [1.29, 1.82) is 0 Å². The van der Waals surface area contributed by atoms with Gasteiger partial charge in [0.2, 0.25) is 5.91 Å². The highest BCUT2D eigenvalue weighted by Gasteiger charge is 2.41. The lowest BCUT2D eigenvalue weighted by Gasteiger charge is -2.42. The molecule has 4 heterocycles. The highest BCUT2D eigenvalue weighted by molar-refractivity contribution is 7.07. The number of amides is 2. The number of ether oxygens (including phenoxy) is 1. The van der Waals surface area contributed by atoms with Crippen molar-refractivity contribution in [3.05, 3.63) is 34.3 Å². The standard InChI is InChI=1S/C18H23N5O3S/c1-13-16(20-11-19-13)17(25)22-5-3-18(4-6-22)10-23(15(24)2-7-26-18)8-14-9-27-12-21-14/h9,11-12H,2-8,10H2,1H3,(H,19,20). The van der Waals surface area contributed by atoms with E-state index in [2.05, 4.69) is 15.0 Å². The number of carbonyl (C=O) groups excluding carboxylic acids is 2. The Bertz CT molecular complexity index is 811. The van der Waals surface area contributed by atoms with E-state index in [1.165, 1.54) is 11.3 Å². The minimum absolute atomic E-state index is 0.0485. The molecule has 9 heteroatoms. The summed E-state index contributed by atoms with van der Waals surface area (Å²) in [5.74, 6) is 0.0538. The highest BCUT2D eigenvalue weighted by Crippen LogP contribution is 2.31. The Labute approximate surface area is 161 Å². The average Bonchev–Trinajstić information content (AvgIpc) is 3.30. The zero-order valence-corrected chi connectivity index (χ0v) is 16.1. The van der Waals surface area contributed by atoms with Crippen LogP contribution >= 0.6 is 11.3 Å². The molecule has 4 rings (SSSR count). The topological polar surface area (TPSA) is 91.4 Å². The van der Waals surface area contributed by atoms with Crippen molar-refractivity contribution >= 4 is 23.2 Å². The molecule has 0 saturated carbocycles. The number of aromatic nitrogens is 3. The van der Waals surface area contributed by atoms with Crippen molar-refractivity contribution in [2.24, 2.45) is 0 Å². The van der Waals surface area contributed by atoms with Gasteiger partial charge in [0.05, 0.1) is 49.3 Å². The number of H-pyrrole nitrogens is 1. The van der Waals surface area contributed by atoms with Gasteiger partial charge < -0.3 is 19.5 Å². The minimum atomic E-state index is -0.389. The first kappa shape index (κ1) is 18.1. The smallest absolute Gasteiger partial charge is 0.274 e. The monoisotopic (exact) mass is 389 g/mol. The number of piperidine rings is 1. The van der Waals surface area contributed by atoms with Gasteiger partial charge in [-0.05, 0) is 19.8 Å². The summed E-state index contributed by atoms with van der Waals surface area (Å²) < 4.78 is 6.15. The summed E-state index contributed by atoms with van der Waals surface area (Å²) in [6.07, 6.45) is 3.36. The number of nitrogens with one attached hydrogen (secondary N) is 1. The summed E-state index contributed by atoms with van der Waals surface area (Å²) in [4.78, 5) is 40.2. The Morgan fingerprint density at radius 1 is 1.37 bits per heavy atom. The number of hydrogen-bond acceptors (Lipinski definition) is 6. The molecule has 2 aromatic heterocycles. The molecule has 2 aliphatic rings. The summed E-state index contributed by atoms with van der Waals surface area (Å²) in [7, 11) is 0. The fraction of sp³-hybridized carbons (Fsp3) is 0.556. The van der Waals surface area contributed by atoms with E-state index < -0.39 is 0 Å². The molecule has 0 radical (unpaired) electrons. The Hall–Kier alpha value is -2.26. The molecule has 2 aliphatic heterocycles. The normalized spacial score (nSPS) is 20.1. The third kappa shape index (κ3) is 3.74. The Kier molecular flexibility index (Phi) is 4.96. The van der Waals surface area contributed by atoms with Crippen LogP contribution in [0.5, 0.6) is 0 Å². The van der Waals surface area contributed by atoms with E-state index >= 15 is 0 Å². The predicted molar refractivity (Wildman–Crippen MR) is 99.3 cm³/mol. The van der Waals surface area contributed by atoms with Gasteiger partial charge in [-0.1, -0.05) is 0 Å². The maximum absolute atomic E-state index is 12.7. The first-order chi connectivity index (χ1) is 13.1. The number of aryl methyl sites for hydroxylation is 1. The molecular weight excluding hydrogens is 366 g/mol. The van der Waals surface area contributed by atoms with Gasteiger partial charge in [0.1, 0.15) is 5.69 Å². The molecule has 0 aliphatic carbocycles. The van der Waals surface area contributed by atoms with Crippen molar-refractivity contribution < 1.29 is 14.3 Å². The van der Waals surface area contributed by atoms with Gasteiger partial charge in [0.15, 0.2) is 0 Å². The lowest BCUT2D eigenvalue weighted by molar-refractivity contribution is -0.132. The average molecular weight is 389 g/mol. The van der Waals surface area contributed by atoms with Gasteiger partial charge in [0.25, 0.3) is 5.91 Å². The molecule has 2 saturated heterocycles. The number of imidazole rings is 1. The SMILES string of the molecule is Cc1[nH]cnc1C(=O)N1CCC2(CC1)CN(Cc1cscn1)C(=O)CCO2. The van der Waals surface area contributed by atoms with Crippen molar-refractivity contribution in [1.82, 2.24) is 24.8 Å². The second kappa shape index (κ2) is 7.40. The van der Waals surface area contributed by atoms with Crippen LogP contribution in [-0.4, -0.2) is 68.4 Å². The van der Waals surface area contributed by atoms with E-state index in [1.54, 1.807) is 11.8 Å². The third-order valence-corrected chi connectivity index (χ3v) is 6.02. The van der Waals surface area contributed by atoms with Crippen LogP contribution in [-0.2, 0) is 16.1 Å². The molecule has 2 amide bonds. The molecule has 0 aromatic carbocycles. The maximum atomic E-state index is 12.7. The van der Waals surface area contributed by atoms with E-state index in [1.807, 2.05) is 22.1 Å². The lowest BCUT2D eigenvalue weighted by atomic mass is 9.90. The number of rotatable bonds is 3. The molecule has 144 valence electrons. The fourth-order valence-electron chi connectivity index (χ4n) is 3.79. The summed E-state index contributed by atoms with van der Waals surface area (Å²) >= 11 is 1.53. The zero-order chi connectivity index (χ0) is 18.9. The van der Waals surface area contributed by atoms with Crippen LogP contribution in [0.1, 0.15) is 41.1 Å². The molecule has 2 aromatic rings. The second-order valence-electron chi connectivity index (χ2n) is 7.18. The lowest BCUT2D eigenvalue weighted by Crippen LogP contribution is -2.53. The first-order valence-electron chi connectivity index (χ1n) is 9.14. The van der Waals surface area contributed by atoms with Gasteiger partial charge in [0, 0.05) is 24.2 Å². The molecule has 0 bridgehead atoms. The van der Waals surface area contributed by atoms with Crippen LogP contribution in [0.25, 0.3) is 0 Å². The Morgan fingerprint density at radius 2 is 2.19 bits per heavy atom. The summed E-state index contributed by atoms with van der Waals surface area (Å²) in [5.41, 5.74) is 3.57. The van der Waals surface area contributed by atoms with Crippen molar-refractivity contribution in [3.8, 4) is 0 Å². The third-order valence-electron chi connectivity index (χ3n) is 5.39. The zero-order valence-electron chi connectivity index (χ0n) is 15.3. The fourth-order valence-corrected chi connectivity index (χ4v) is 4.34. The van der Waals surface area contributed by atoms with Crippen LogP contribution in [0.4, 0.5) is 0 Å². The van der Waals surface area contributed by atoms with E-state index in [0.29, 0.717) is 57.7 Å².